The van der Waals surface area contributed by atoms with Crippen molar-refractivity contribution < 1.29 is 4.42 Å². The summed E-state index contributed by atoms with van der Waals surface area (Å²) in [6, 6.07) is 12.5. The first-order valence-electron chi connectivity index (χ1n) is 6.20. The SMILES string of the molecule is C[C@H](C#N)Sc1nnc(CCCc2ccccc2)o1. The lowest BCUT2D eigenvalue weighted by atomic mass is 10.1. The van der Waals surface area contributed by atoms with Crippen molar-refractivity contribution in [3.8, 4) is 6.07 Å². The fourth-order valence-electron chi connectivity index (χ4n) is 1.65. The summed E-state index contributed by atoms with van der Waals surface area (Å²) in [5.74, 6) is 0.642. The number of benzene rings is 1. The van der Waals surface area contributed by atoms with E-state index in [1.54, 1.807) is 0 Å². The van der Waals surface area contributed by atoms with E-state index in [2.05, 4.69) is 28.4 Å². The number of rotatable bonds is 6. The van der Waals surface area contributed by atoms with Crippen LogP contribution in [-0.4, -0.2) is 15.4 Å². The van der Waals surface area contributed by atoms with Gasteiger partial charge in [0.2, 0.25) is 5.89 Å². The summed E-state index contributed by atoms with van der Waals surface area (Å²) in [6.45, 7) is 1.81. The topological polar surface area (TPSA) is 62.7 Å². The van der Waals surface area contributed by atoms with E-state index in [4.69, 9.17) is 9.68 Å². The van der Waals surface area contributed by atoms with Crippen LogP contribution in [0.1, 0.15) is 24.8 Å². The van der Waals surface area contributed by atoms with Crippen LogP contribution in [0.25, 0.3) is 0 Å². The highest BCUT2D eigenvalue weighted by molar-refractivity contribution is 7.99. The van der Waals surface area contributed by atoms with Gasteiger partial charge in [0.1, 0.15) is 0 Å². The lowest BCUT2D eigenvalue weighted by Gasteiger charge is -1.98. The van der Waals surface area contributed by atoms with Gasteiger partial charge in [0, 0.05) is 6.42 Å². The second-order valence-electron chi connectivity index (χ2n) is 4.19. The van der Waals surface area contributed by atoms with Crippen LogP contribution in [-0.2, 0) is 12.8 Å². The van der Waals surface area contributed by atoms with E-state index < -0.39 is 0 Å². The Morgan fingerprint density at radius 3 is 2.79 bits per heavy atom. The van der Waals surface area contributed by atoms with Gasteiger partial charge in [-0.25, -0.2) is 0 Å². The molecule has 0 saturated carbocycles. The predicted molar refractivity (Wildman–Crippen MR) is 73.7 cm³/mol. The van der Waals surface area contributed by atoms with Crippen molar-refractivity contribution in [1.29, 1.82) is 5.26 Å². The zero-order valence-electron chi connectivity index (χ0n) is 10.7. The normalized spacial score (nSPS) is 12.0. The van der Waals surface area contributed by atoms with Gasteiger partial charge in [-0.1, -0.05) is 30.3 Å². The monoisotopic (exact) mass is 273 g/mol. The van der Waals surface area contributed by atoms with E-state index in [0.29, 0.717) is 11.1 Å². The molecule has 1 heterocycles. The van der Waals surface area contributed by atoms with Gasteiger partial charge in [-0.05, 0) is 37.1 Å². The van der Waals surface area contributed by atoms with Gasteiger partial charge in [0.05, 0.1) is 11.3 Å². The second-order valence-corrected chi connectivity index (χ2v) is 5.48. The van der Waals surface area contributed by atoms with Gasteiger partial charge in [0.25, 0.3) is 5.22 Å². The zero-order chi connectivity index (χ0) is 13.5. The van der Waals surface area contributed by atoms with Crippen molar-refractivity contribution in [3.63, 3.8) is 0 Å². The van der Waals surface area contributed by atoms with Crippen molar-refractivity contribution in [2.75, 3.05) is 0 Å². The molecule has 0 bridgehead atoms. The number of aromatic nitrogens is 2. The maximum Gasteiger partial charge on any atom is 0.277 e. The average molecular weight is 273 g/mol. The minimum Gasteiger partial charge on any atom is -0.416 e. The van der Waals surface area contributed by atoms with E-state index in [0.717, 1.165) is 19.3 Å². The van der Waals surface area contributed by atoms with Crippen LogP contribution in [0.2, 0.25) is 0 Å². The van der Waals surface area contributed by atoms with Crippen LogP contribution in [0.5, 0.6) is 0 Å². The highest BCUT2D eigenvalue weighted by atomic mass is 32.2. The predicted octanol–water partition coefficient (Wildman–Crippen LogP) is 3.25. The number of nitrogens with zero attached hydrogens (tertiary/aromatic N) is 3. The Morgan fingerprint density at radius 2 is 2.05 bits per heavy atom. The molecule has 0 unspecified atom stereocenters. The van der Waals surface area contributed by atoms with Crippen LogP contribution in [0.4, 0.5) is 0 Å². The van der Waals surface area contributed by atoms with Gasteiger partial charge >= 0.3 is 0 Å². The Labute approximate surface area is 116 Å². The third kappa shape index (κ3) is 4.42. The number of hydrogen-bond donors (Lipinski definition) is 0. The Balaban J connectivity index is 1.79. The summed E-state index contributed by atoms with van der Waals surface area (Å²) in [5.41, 5.74) is 1.31. The molecule has 0 radical (unpaired) electrons. The molecule has 4 nitrogen and oxygen atoms in total. The van der Waals surface area contributed by atoms with Crippen LogP contribution >= 0.6 is 11.8 Å². The fourth-order valence-corrected chi connectivity index (χ4v) is 2.24. The molecule has 0 fully saturated rings. The van der Waals surface area contributed by atoms with E-state index in [1.807, 2.05) is 25.1 Å². The van der Waals surface area contributed by atoms with Gasteiger partial charge < -0.3 is 4.42 Å². The first-order chi connectivity index (χ1) is 9.28. The van der Waals surface area contributed by atoms with Crippen LogP contribution < -0.4 is 0 Å². The third-order valence-electron chi connectivity index (χ3n) is 2.61. The summed E-state index contributed by atoms with van der Waals surface area (Å²) in [5, 5.41) is 16.9. The van der Waals surface area contributed by atoms with Crippen molar-refractivity contribution in [2.45, 2.75) is 36.7 Å². The first-order valence-corrected chi connectivity index (χ1v) is 7.08. The van der Waals surface area contributed by atoms with Crippen LogP contribution in [0.3, 0.4) is 0 Å². The van der Waals surface area contributed by atoms with E-state index >= 15 is 0 Å². The van der Waals surface area contributed by atoms with Crippen molar-refractivity contribution in [2.24, 2.45) is 0 Å². The second kappa shape index (κ2) is 6.95. The molecule has 1 aromatic heterocycles. The first kappa shape index (κ1) is 13.6. The summed E-state index contributed by atoms with van der Waals surface area (Å²) in [6.07, 6.45) is 2.74. The molecule has 0 spiro atoms. The van der Waals surface area contributed by atoms with E-state index in [1.165, 1.54) is 17.3 Å². The molecule has 2 rings (SSSR count). The number of nitriles is 1. The Kier molecular flexibility index (Phi) is 4.99. The fraction of sp³-hybridized carbons (Fsp3) is 0.357. The van der Waals surface area contributed by atoms with Gasteiger partial charge in [-0.15, -0.1) is 10.2 Å². The lowest BCUT2D eigenvalue weighted by molar-refractivity contribution is 0.409. The molecule has 19 heavy (non-hydrogen) atoms. The van der Waals surface area contributed by atoms with Crippen LogP contribution in [0.15, 0.2) is 40.0 Å². The number of thioether (sulfide) groups is 1. The van der Waals surface area contributed by atoms with Gasteiger partial charge in [-0.2, -0.15) is 5.26 Å². The van der Waals surface area contributed by atoms with E-state index in [-0.39, 0.29) is 5.25 Å². The molecule has 0 amide bonds. The minimum atomic E-state index is -0.169. The summed E-state index contributed by atoms with van der Waals surface area (Å²) < 4.78 is 5.48. The molecule has 1 aromatic carbocycles. The van der Waals surface area contributed by atoms with Gasteiger partial charge in [0.15, 0.2) is 0 Å². The largest absolute Gasteiger partial charge is 0.416 e. The maximum absolute atomic E-state index is 8.71. The summed E-state index contributed by atoms with van der Waals surface area (Å²) >= 11 is 1.29. The van der Waals surface area contributed by atoms with Gasteiger partial charge in [-0.3, -0.25) is 0 Å². The molecule has 2 aromatic rings. The highest BCUT2D eigenvalue weighted by Gasteiger charge is 2.10. The molecule has 0 aliphatic carbocycles. The maximum atomic E-state index is 8.71. The molecular weight excluding hydrogens is 258 g/mol. The number of aryl methyl sites for hydroxylation is 2. The van der Waals surface area contributed by atoms with Crippen molar-refractivity contribution in [1.82, 2.24) is 10.2 Å². The highest BCUT2D eigenvalue weighted by Crippen LogP contribution is 2.21. The average Bonchev–Trinajstić information content (AvgIpc) is 2.87. The molecule has 0 N–H and O–H groups in total. The van der Waals surface area contributed by atoms with E-state index in [9.17, 15) is 0 Å². The molecular formula is C14H15N3OS. The van der Waals surface area contributed by atoms with Crippen molar-refractivity contribution in [3.05, 3.63) is 41.8 Å². The number of hydrogen-bond acceptors (Lipinski definition) is 5. The standard InChI is InChI=1S/C14H15N3OS/c1-11(10-15)19-14-17-16-13(18-14)9-5-8-12-6-3-2-4-7-12/h2-4,6-7,11H,5,8-9H2,1H3/t11-/m1/s1. The molecule has 0 aliphatic rings. The smallest absolute Gasteiger partial charge is 0.277 e. The summed E-state index contributed by atoms with van der Waals surface area (Å²) in [7, 11) is 0. The Hall–Kier alpha value is -1.80. The summed E-state index contributed by atoms with van der Waals surface area (Å²) in [4.78, 5) is 0. The van der Waals surface area contributed by atoms with Crippen LogP contribution in [0, 0.1) is 11.3 Å². The molecule has 1 atom stereocenters. The molecule has 0 aliphatic heterocycles. The molecule has 5 heteroatoms. The molecule has 98 valence electrons. The quantitative estimate of drug-likeness (QED) is 0.756. The Morgan fingerprint density at radius 1 is 1.26 bits per heavy atom. The minimum absolute atomic E-state index is 0.169. The Bertz CT molecular complexity index is 547. The van der Waals surface area contributed by atoms with Crippen molar-refractivity contribution >= 4 is 11.8 Å². The zero-order valence-corrected chi connectivity index (χ0v) is 11.6. The molecule has 0 saturated heterocycles. The lowest BCUT2D eigenvalue weighted by Crippen LogP contribution is -1.90. The third-order valence-corrected chi connectivity index (χ3v) is 3.43.